The second kappa shape index (κ2) is 6.29. The van der Waals surface area contributed by atoms with Gasteiger partial charge < -0.3 is 0 Å². The van der Waals surface area contributed by atoms with Crippen molar-refractivity contribution in [1.82, 2.24) is 0 Å². The van der Waals surface area contributed by atoms with Crippen LogP contribution in [0.2, 0.25) is 5.02 Å². The van der Waals surface area contributed by atoms with E-state index >= 15 is 0 Å². The number of hydrogen-bond acceptors (Lipinski definition) is 0. The van der Waals surface area contributed by atoms with E-state index < -0.39 is 0 Å². The molecule has 3 aromatic rings. The first-order chi connectivity index (χ1) is 10.1. The van der Waals surface area contributed by atoms with Gasteiger partial charge in [-0.15, -0.1) is 11.6 Å². The van der Waals surface area contributed by atoms with E-state index in [1.165, 1.54) is 0 Å². The predicted molar refractivity (Wildman–Crippen MR) is 98.5 cm³/mol. The predicted octanol–water partition coefficient (Wildman–Crippen LogP) is 7.35. The molecule has 0 bridgehead atoms. The lowest BCUT2D eigenvalue weighted by Gasteiger charge is -2.15. The lowest BCUT2D eigenvalue weighted by molar-refractivity contribution is 1.16. The van der Waals surface area contributed by atoms with Gasteiger partial charge in [-0.25, -0.2) is 0 Å². The van der Waals surface area contributed by atoms with Crippen LogP contribution in [0.5, 0.6) is 0 Å². The van der Waals surface area contributed by atoms with Gasteiger partial charge >= 0.3 is 0 Å². The first kappa shape index (κ1) is 15.4. The van der Waals surface area contributed by atoms with Crippen LogP contribution < -0.4 is 0 Å². The van der Waals surface area contributed by atoms with E-state index in [1.807, 2.05) is 36.4 Å². The van der Waals surface area contributed by atoms with Crippen molar-refractivity contribution in [3.05, 3.63) is 79.7 Å². The average Bonchev–Trinajstić information content (AvgIpc) is 2.50. The van der Waals surface area contributed by atoms with Crippen molar-refractivity contribution >= 4 is 65.8 Å². The smallest absolute Gasteiger partial charge is 0.0841 e. The van der Waals surface area contributed by atoms with Crippen LogP contribution in [0.3, 0.4) is 0 Å². The number of rotatable bonds is 2. The molecule has 3 aromatic carbocycles. The van der Waals surface area contributed by atoms with Gasteiger partial charge in [0.15, 0.2) is 0 Å². The van der Waals surface area contributed by atoms with Crippen LogP contribution >= 0.6 is 55.1 Å². The van der Waals surface area contributed by atoms with Gasteiger partial charge in [-0.1, -0.05) is 63.9 Å². The van der Waals surface area contributed by atoms with Crippen molar-refractivity contribution in [2.75, 3.05) is 0 Å². The van der Waals surface area contributed by atoms with Crippen LogP contribution in [0.15, 0.2) is 63.5 Å². The molecule has 0 aromatic heterocycles. The molecule has 4 heteroatoms. The lowest BCUT2D eigenvalue weighted by Crippen LogP contribution is -1.95. The molecule has 0 amide bonds. The van der Waals surface area contributed by atoms with Crippen molar-refractivity contribution in [2.24, 2.45) is 0 Å². The number of fused-ring (bicyclic) bond motifs is 1. The van der Waals surface area contributed by atoms with Gasteiger partial charge in [-0.05, 0) is 56.0 Å². The van der Waals surface area contributed by atoms with Gasteiger partial charge in [0.25, 0.3) is 0 Å². The second-order valence-corrected chi connectivity index (χ2v) is 7.27. The molecule has 0 heterocycles. The quantitative estimate of drug-likeness (QED) is 0.362. The Hall–Kier alpha value is -0.540. The maximum atomic E-state index is 6.70. The maximum Gasteiger partial charge on any atom is 0.0841 e. The summed E-state index contributed by atoms with van der Waals surface area (Å²) < 4.78 is 1.94. The van der Waals surface area contributed by atoms with E-state index in [0.29, 0.717) is 5.02 Å². The van der Waals surface area contributed by atoms with Crippen LogP contribution in [-0.2, 0) is 0 Å². The minimum Gasteiger partial charge on any atom is -0.113 e. The molecule has 0 aliphatic heterocycles. The minimum absolute atomic E-state index is 0.242. The third kappa shape index (κ3) is 3.00. The van der Waals surface area contributed by atoms with Crippen molar-refractivity contribution in [3.8, 4) is 0 Å². The van der Waals surface area contributed by atoms with E-state index in [2.05, 4.69) is 50.1 Å². The Bertz CT molecular complexity index is 815. The normalized spacial score (nSPS) is 12.6. The molecule has 106 valence electrons. The van der Waals surface area contributed by atoms with E-state index in [9.17, 15) is 0 Å². The first-order valence-electron chi connectivity index (χ1n) is 6.34. The van der Waals surface area contributed by atoms with Gasteiger partial charge in [-0.2, -0.15) is 0 Å². The molecular weight excluding hydrogens is 435 g/mol. The van der Waals surface area contributed by atoms with Gasteiger partial charge in [0.1, 0.15) is 0 Å². The fourth-order valence-electron chi connectivity index (χ4n) is 2.36. The molecule has 0 nitrogen and oxygen atoms in total. The fraction of sp³-hybridized carbons (Fsp3) is 0.0588. The van der Waals surface area contributed by atoms with E-state index in [0.717, 1.165) is 30.8 Å². The summed E-state index contributed by atoms with van der Waals surface area (Å²) in [5.74, 6) is 0. The Morgan fingerprint density at radius 1 is 0.810 bits per heavy atom. The molecule has 0 radical (unpaired) electrons. The average molecular weight is 445 g/mol. The van der Waals surface area contributed by atoms with Crippen LogP contribution in [0.1, 0.15) is 16.5 Å². The van der Waals surface area contributed by atoms with Gasteiger partial charge in [0.05, 0.1) is 10.4 Å². The number of alkyl halides is 1. The van der Waals surface area contributed by atoms with Crippen molar-refractivity contribution in [1.29, 1.82) is 0 Å². The third-order valence-electron chi connectivity index (χ3n) is 3.41. The fourth-order valence-corrected chi connectivity index (χ4v) is 3.60. The summed E-state index contributed by atoms with van der Waals surface area (Å²) >= 11 is 19.9. The Labute approximate surface area is 150 Å². The van der Waals surface area contributed by atoms with E-state index in [1.54, 1.807) is 0 Å². The van der Waals surface area contributed by atoms with Crippen molar-refractivity contribution < 1.29 is 0 Å². The number of benzene rings is 3. The summed E-state index contributed by atoms with van der Waals surface area (Å²) in [5.41, 5.74) is 2.06. The minimum atomic E-state index is -0.242. The third-order valence-corrected chi connectivity index (χ3v) is 5.83. The Kier molecular flexibility index (Phi) is 4.60. The SMILES string of the molecule is Clc1cc(C(Cl)c2ccc(Br)c3ccccc23)ccc1Br. The molecule has 0 spiro atoms. The van der Waals surface area contributed by atoms with Crippen LogP contribution in [0.4, 0.5) is 0 Å². The molecule has 0 saturated heterocycles. The monoisotopic (exact) mass is 442 g/mol. The summed E-state index contributed by atoms with van der Waals surface area (Å²) in [6.45, 7) is 0. The molecule has 0 N–H and O–H groups in total. The largest absolute Gasteiger partial charge is 0.113 e. The van der Waals surface area contributed by atoms with E-state index in [-0.39, 0.29) is 5.38 Å². The molecule has 21 heavy (non-hydrogen) atoms. The van der Waals surface area contributed by atoms with Gasteiger partial charge in [0.2, 0.25) is 0 Å². The van der Waals surface area contributed by atoms with Crippen molar-refractivity contribution in [2.45, 2.75) is 5.38 Å². The Morgan fingerprint density at radius 2 is 1.48 bits per heavy atom. The van der Waals surface area contributed by atoms with Crippen LogP contribution in [-0.4, -0.2) is 0 Å². The molecule has 1 atom stereocenters. The molecule has 0 aliphatic carbocycles. The zero-order valence-electron chi connectivity index (χ0n) is 10.8. The molecule has 0 saturated carbocycles. The number of halogens is 4. The molecule has 0 fully saturated rings. The summed E-state index contributed by atoms with van der Waals surface area (Å²) in [5, 5.41) is 2.72. The summed E-state index contributed by atoms with van der Waals surface area (Å²) in [6.07, 6.45) is 0. The summed E-state index contributed by atoms with van der Waals surface area (Å²) in [7, 11) is 0. The molecule has 0 aliphatic rings. The number of hydrogen-bond donors (Lipinski definition) is 0. The van der Waals surface area contributed by atoms with Crippen molar-refractivity contribution in [3.63, 3.8) is 0 Å². The first-order valence-corrected chi connectivity index (χ1v) is 8.74. The lowest BCUT2D eigenvalue weighted by atomic mass is 9.98. The molecule has 3 rings (SSSR count). The topological polar surface area (TPSA) is 0 Å². The molecular formula is C17H10Br2Cl2. The highest BCUT2D eigenvalue weighted by atomic mass is 79.9. The van der Waals surface area contributed by atoms with Gasteiger partial charge in [-0.3, -0.25) is 0 Å². The second-order valence-electron chi connectivity index (χ2n) is 4.72. The highest BCUT2D eigenvalue weighted by Crippen LogP contribution is 2.38. The zero-order chi connectivity index (χ0) is 15.0. The van der Waals surface area contributed by atoms with E-state index in [4.69, 9.17) is 23.2 Å². The Balaban J connectivity index is 2.15. The summed E-state index contributed by atoms with van der Waals surface area (Å²) in [6, 6.07) is 18.1. The van der Waals surface area contributed by atoms with Crippen LogP contribution in [0, 0.1) is 0 Å². The Morgan fingerprint density at radius 3 is 2.19 bits per heavy atom. The zero-order valence-corrected chi connectivity index (χ0v) is 15.5. The van der Waals surface area contributed by atoms with Gasteiger partial charge in [0, 0.05) is 8.95 Å². The highest BCUT2D eigenvalue weighted by Gasteiger charge is 2.15. The molecule has 1 unspecified atom stereocenters. The van der Waals surface area contributed by atoms with Crippen LogP contribution in [0.25, 0.3) is 10.8 Å². The summed E-state index contributed by atoms with van der Waals surface area (Å²) in [4.78, 5) is 0. The highest BCUT2D eigenvalue weighted by molar-refractivity contribution is 9.11. The standard InChI is InChI=1S/C17H10Br2Cl2/c18-14-8-6-13(11-3-1-2-4-12(11)14)17(21)10-5-7-15(19)16(20)9-10/h1-9,17H. The maximum absolute atomic E-state index is 6.70.